The van der Waals surface area contributed by atoms with Crippen LogP contribution in [0.3, 0.4) is 0 Å². The van der Waals surface area contributed by atoms with Gasteiger partial charge in [-0.05, 0) is 0 Å². The summed E-state index contributed by atoms with van der Waals surface area (Å²) in [5, 5.41) is 6.80. The molecule has 0 aromatic carbocycles. The summed E-state index contributed by atoms with van der Waals surface area (Å²) in [6.45, 7) is 4.37. The number of nitrogens with one attached hydrogen (secondary N) is 1. The molecule has 0 saturated carbocycles. The number of hydrogen-bond donors (Lipinski definition) is 1. The van der Waals surface area contributed by atoms with E-state index in [9.17, 15) is 4.79 Å². The Bertz CT molecular complexity index is 132. The lowest BCUT2D eigenvalue weighted by Gasteiger charge is -2.25. The molecule has 1 saturated heterocycles. The van der Waals surface area contributed by atoms with E-state index in [-0.39, 0.29) is 5.91 Å². The molecule has 0 atom stereocenters. The number of rotatable bonds is 2. The maximum atomic E-state index is 10.9. The molecule has 4 heteroatoms. The van der Waals surface area contributed by atoms with Crippen LogP contribution in [-0.4, -0.2) is 50.6 Å². The molecule has 63 valence electrons. The second-order valence-corrected chi connectivity index (χ2v) is 2.64. The quantitative estimate of drug-likeness (QED) is 0.538. The summed E-state index contributed by atoms with van der Waals surface area (Å²) in [7, 11) is 1.55. The van der Waals surface area contributed by atoms with Crippen molar-refractivity contribution >= 4 is 5.91 Å². The van der Waals surface area contributed by atoms with Gasteiger partial charge in [-0.3, -0.25) is 15.0 Å². The number of carbonyl (C=O) groups is 1. The van der Waals surface area contributed by atoms with Crippen molar-refractivity contribution in [3.05, 3.63) is 0 Å². The summed E-state index contributed by atoms with van der Waals surface area (Å²) >= 11 is 0. The Balaban J connectivity index is 2.19. The highest BCUT2D eigenvalue weighted by molar-refractivity contribution is 5.77. The average molecular weight is 156 g/mol. The molecule has 1 aliphatic heterocycles. The molecule has 1 N–H and O–H groups in total. The summed E-state index contributed by atoms with van der Waals surface area (Å²) < 4.78 is 0. The summed E-state index contributed by atoms with van der Waals surface area (Å²) in [5.41, 5.74) is 0. The maximum absolute atomic E-state index is 10.9. The topological polar surface area (TPSA) is 46.4 Å². The van der Waals surface area contributed by atoms with Gasteiger partial charge >= 0.3 is 0 Å². The van der Waals surface area contributed by atoms with Gasteiger partial charge in [-0.15, -0.1) is 0 Å². The van der Waals surface area contributed by atoms with Crippen LogP contribution in [0.2, 0.25) is 0 Å². The first-order valence-electron chi connectivity index (χ1n) is 3.88. The van der Waals surface area contributed by atoms with E-state index in [0.29, 0.717) is 6.54 Å². The fourth-order valence-electron chi connectivity index (χ4n) is 1.13. The average Bonchev–Trinajstić information content (AvgIpc) is 2.06. The molecule has 1 rings (SSSR count). The Morgan fingerprint density at radius 3 is 2.73 bits per heavy atom. The van der Waals surface area contributed by atoms with Crippen LogP contribution < -0.4 is 10.6 Å². The van der Waals surface area contributed by atoms with Crippen molar-refractivity contribution in [1.29, 1.82) is 0 Å². The fourth-order valence-corrected chi connectivity index (χ4v) is 1.13. The first-order valence-corrected chi connectivity index (χ1v) is 3.88. The summed E-state index contributed by atoms with van der Waals surface area (Å²) in [6.07, 6.45) is 0. The normalized spacial score (nSPS) is 19.7. The third-order valence-corrected chi connectivity index (χ3v) is 1.82. The van der Waals surface area contributed by atoms with Gasteiger partial charge in [0.15, 0.2) is 0 Å². The molecule has 1 fully saturated rings. The molecule has 4 nitrogen and oxygen atoms in total. The van der Waals surface area contributed by atoms with E-state index in [2.05, 4.69) is 15.5 Å². The monoisotopic (exact) mass is 156 g/mol. The molecule has 0 bridgehead atoms. The molecule has 0 spiro atoms. The Labute approximate surface area is 66.9 Å². The van der Waals surface area contributed by atoms with E-state index in [4.69, 9.17) is 0 Å². The zero-order valence-electron chi connectivity index (χ0n) is 6.84. The number of carbonyl (C=O) groups excluding carboxylic acids is 1. The van der Waals surface area contributed by atoms with Crippen LogP contribution in [0.15, 0.2) is 0 Å². The Kier molecular flexibility index (Phi) is 3.32. The predicted molar refractivity (Wildman–Crippen MR) is 42.4 cm³/mol. The number of piperazine rings is 1. The van der Waals surface area contributed by atoms with Crippen LogP contribution in [-0.2, 0) is 4.79 Å². The Morgan fingerprint density at radius 2 is 2.18 bits per heavy atom. The van der Waals surface area contributed by atoms with Gasteiger partial charge in [0.2, 0.25) is 0 Å². The number of amides is 1. The molecule has 1 radical (unpaired) electrons. The summed E-state index contributed by atoms with van der Waals surface area (Å²) in [5.74, 6) is -0.0214. The van der Waals surface area contributed by atoms with Gasteiger partial charge < -0.3 is 5.32 Å². The van der Waals surface area contributed by atoms with Gasteiger partial charge in [0.05, 0.1) is 6.54 Å². The second kappa shape index (κ2) is 4.31. The van der Waals surface area contributed by atoms with Crippen molar-refractivity contribution < 1.29 is 4.79 Å². The summed E-state index contributed by atoms with van der Waals surface area (Å²) in [4.78, 5) is 13.0. The highest BCUT2D eigenvalue weighted by Gasteiger charge is 2.12. The maximum Gasteiger partial charge on any atom is 0.255 e. The van der Waals surface area contributed by atoms with Crippen molar-refractivity contribution in [3.8, 4) is 0 Å². The molecular formula is C7H14N3O. The third-order valence-electron chi connectivity index (χ3n) is 1.82. The van der Waals surface area contributed by atoms with Gasteiger partial charge in [0.25, 0.3) is 5.91 Å². The smallest absolute Gasteiger partial charge is 0.255 e. The molecule has 0 aromatic rings. The minimum atomic E-state index is -0.0214. The molecule has 0 aromatic heterocycles. The highest BCUT2D eigenvalue weighted by atomic mass is 16.1. The third kappa shape index (κ3) is 2.86. The molecule has 11 heavy (non-hydrogen) atoms. The van der Waals surface area contributed by atoms with Crippen LogP contribution >= 0.6 is 0 Å². The number of hydrogen-bond acceptors (Lipinski definition) is 3. The van der Waals surface area contributed by atoms with Crippen molar-refractivity contribution in [2.24, 2.45) is 0 Å². The van der Waals surface area contributed by atoms with Gasteiger partial charge in [-0.2, -0.15) is 0 Å². The van der Waals surface area contributed by atoms with E-state index >= 15 is 0 Å². The van der Waals surface area contributed by atoms with E-state index in [1.807, 2.05) is 0 Å². The van der Waals surface area contributed by atoms with E-state index in [1.54, 1.807) is 7.05 Å². The highest BCUT2D eigenvalue weighted by Crippen LogP contribution is 1.90. The standard InChI is InChI=1S/C7H14N3O/c1-8-7(11)6-10-4-2-9-3-5-10/h9H,2-6H2,1H3. The zero-order chi connectivity index (χ0) is 8.10. The van der Waals surface area contributed by atoms with E-state index in [1.165, 1.54) is 0 Å². The molecule has 1 aliphatic rings. The largest absolute Gasteiger partial charge is 0.314 e. The van der Waals surface area contributed by atoms with Gasteiger partial charge in [-0.25, -0.2) is 0 Å². The Morgan fingerprint density at radius 1 is 1.55 bits per heavy atom. The van der Waals surface area contributed by atoms with Crippen LogP contribution in [0.4, 0.5) is 0 Å². The van der Waals surface area contributed by atoms with Crippen molar-refractivity contribution in [1.82, 2.24) is 15.5 Å². The molecule has 0 unspecified atom stereocenters. The van der Waals surface area contributed by atoms with Gasteiger partial charge in [0, 0.05) is 33.2 Å². The molecular weight excluding hydrogens is 142 g/mol. The molecule has 1 heterocycles. The minimum Gasteiger partial charge on any atom is -0.314 e. The zero-order valence-corrected chi connectivity index (χ0v) is 6.84. The predicted octanol–water partition coefficient (Wildman–Crippen LogP) is -1.35. The van der Waals surface area contributed by atoms with E-state index in [0.717, 1.165) is 26.2 Å². The lowest BCUT2D eigenvalue weighted by Crippen LogP contribution is -2.46. The summed E-state index contributed by atoms with van der Waals surface area (Å²) in [6, 6.07) is 0. The SMILES string of the molecule is C[N]C(=O)CN1CCNCC1. The van der Waals surface area contributed by atoms with Crippen LogP contribution in [0.25, 0.3) is 0 Å². The van der Waals surface area contributed by atoms with Crippen LogP contribution in [0, 0.1) is 0 Å². The molecule has 1 amide bonds. The Hall–Kier alpha value is -0.610. The van der Waals surface area contributed by atoms with E-state index < -0.39 is 0 Å². The van der Waals surface area contributed by atoms with Crippen molar-refractivity contribution in [3.63, 3.8) is 0 Å². The number of nitrogens with zero attached hydrogens (tertiary/aromatic N) is 2. The first kappa shape index (κ1) is 8.49. The van der Waals surface area contributed by atoms with Gasteiger partial charge in [-0.1, -0.05) is 0 Å². The molecule has 0 aliphatic carbocycles. The lowest BCUT2D eigenvalue weighted by molar-refractivity contribution is -0.122. The van der Waals surface area contributed by atoms with Crippen molar-refractivity contribution in [2.45, 2.75) is 0 Å². The minimum absolute atomic E-state index is 0.0214. The lowest BCUT2D eigenvalue weighted by atomic mass is 10.3. The fraction of sp³-hybridized carbons (Fsp3) is 0.857. The number of likely N-dealkylation sites (N-methyl/N-ethyl adjacent to an activating group) is 1. The van der Waals surface area contributed by atoms with Crippen LogP contribution in [0.1, 0.15) is 0 Å². The first-order chi connectivity index (χ1) is 5.33. The van der Waals surface area contributed by atoms with Crippen LogP contribution in [0.5, 0.6) is 0 Å². The van der Waals surface area contributed by atoms with Gasteiger partial charge in [0.1, 0.15) is 0 Å². The second-order valence-electron chi connectivity index (χ2n) is 2.64. The van der Waals surface area contributed by atoms with Crippen molar-refractivity contribution in [2.75, 3.05) is 39.8 Å².